The Hall–Kier alpha value is -2.47. The molecule has 2 aliphatic rings. The molecule has 3 atom stereocenters. The van der Waals surface area contributed by atoms with Crippen LogP contribution in [0.3, 0.4) is 0 Å². The van der Waals surface area contributed by atoms with Crippen LogP contribution in [0, 0.1) is 0 Å². The van der Waals surface area contributed by atoms with E-state index in [9.17, 15) is 14.0 Å². The van der Waals surface area contributed by atoms with Gasteiger partial charge in [-0.1, -0.05) is 18.2 Å². The number of carbonyl (C=O) groups excluding carboxylic acids is 1. The van der Waals surface area contributed by atoms with E-state index in [1.807, 2.05) is 24.4 Å². The molecule has 0 spiro atoms. The van der Waals surface area contributed by atoms with Crippen molar-refractivity contribution < 1.29 is 9.18 Å². The number of alkyl halides is 1. The average Bonchev–Trinajstić information content (AvgIpc) is 3.28. The lowest BCUT2D eigenvalue weighted by Crippen LogP contribution is -2.45. The number of nitrogens with two attached hydrogens (primary N) is 1. The first-order valence-corrected chi connectivity index (χ1v) is 9.42. The topological polar surface area (TPSA) is 68.3 Å². The molecule has 1 aromatic carbocycles. The summed E-state index contributed by atoms with van der Waals surface area (Å²) in [4.78, 5) is 25.8. The zero-order valence-electron chi connectivity index (χ0n) is 15.4. The van der Waals surface area contributed by atoms with E-state index < -0.39 is 12.2 Å². The Balaban J connectivity index is 1.56. The fourth-order valence-corrected chi connectivity index (χ4v) is 4.27. The summed E-state index contributed by atoms with van der Waals surface area (Å²) in [5, 5.41) is 0. The maximum atomic E-state index is 13.4. The number of hydrogen-bond donors (Lipinski definition) is 1. The predicted molar refractivity (Wildman–Crippen MR) is 102 cm³/mol. The number of likely N-dealkylation sites (tertiary alicyclic amines) is 1. The summed E-state index contributed by atoms with van der Waals surface area (Å²) < 4.78 is 15.0. The van der Waals surface area contributed by atoms with Gasteiger partial charge in [-0.25, -0.2) is 4.39 Å². The van der Waals surface area contributed by atoms with E-state index in [0.717, 1.165) is 29.5 Å². The molecule has 1 aliphatic carbocycles. The van der Waals surface area contributed by atoms with Crippen molar-refractivity contribution in [2.45, 2.75) is 37.4 Å². The highest BCUT2D eigenvalue weighted by Crippen LogP contribution is 2.37. The van der Waals surface area contributed by atoms with Gasteiger partial charge in [0.2, 0.25) is 11.5 Å². The monoisotopic (exact) mass is 369 g/mol. The summed E-state index contributed by atoms with van der Waals surface area (Å²) in [7, 11) is 1.74. The van der Waals surface area contributed by atoms with Gasteiger partial charge in [0.1, 0.15) is 6.17 Å². The van der Waals surface area contributed by atoms with Crippen LogP contribution in [-0.4, -0.2) is 40.7 Å². The quantitative estimate of drug-likeness (QED) is 0.900. The SMILES string of the molecule is Cn1cc(-c2ccc3c(c2)CC[C@@H]3[C@H](N)C(=O)N2CC[C@H](F)C2)ccc1=O. The summed E-state index contributed by atoms with van der Waals surface area (Å²) in [6, 6.07) is 8.95. The molecule has 5 nitrogen and oxygen atoms in total. The third kappa shape index (κ3) is 3.30. The standard InChI is InChI=1S/C21H24FN3O2/c1-24-11-15(4-7-19(24)26)13-2-5-17-14(10-13)3-6-18(17)20(23)21(27)25-9-8-16(22)12-25/h2,4-5,7,10-11,16,18,20H,3,6,8-9,12,23H2,1H3/t16-,18-,20-/m0/s1. The first-order chi connectivity index (χ1) is 12.9. The third-order valence-electron chi connectivity index (χ3n) is 5.85. The van der Waals surface area contributed by atoms with Gasteiger partial charge in [0, 0.05) is 31.8 Å². The first-order valence-electron chi connectivity index (χ1n) is 9.42. The number of aromatic nitrogens is 1. The lowest BCUT2D eigenvalue weighted by Gasteiger charge is -2.25. The lowest BCUT2D eigenvalue weighted by atomic mass is 9.91. The molecule has 2 N–H and O–H groups in total. The van der Waals surface area contributed by atoms with Crippen molar-refractivity contribution in [3.8, 4) is 11.1 Å². The van der Waals surface area contributed by atoms with Gasteiger partial charge in [0.15, 0.2) is 0 Å². The molecule has 1 fully saturated rings. The van der Waals surface area contributed by atoms with Crippen molar-refractivity contribution in [2.24, 2.45) is 12.8 Å². The molecule has 6 heteroatoms. The van der Waals surface area contributed by atoms with Crippen LogP contribution in [0.1, 0.15) is 29.9 Å². The maximum absolute atomic E-state index is 13.4. The molecule has 0 saturated carbocycles. The first kappa shape index (κ1) is 17.9. The highest BCUT2D eigenvalue weighted by molar-refractivity contribution is 5.83. The van der Waals surface area contributed by atoms with Crippen LogP contribution in [0.5, 0.6) is 0 Å². The van der Waals surface area contributed by atoms with Crippen LogP contribution in [0.25, 0.3) is 11.1 Å². The Bertz CT molecular complexity index is 939. The van der Waals surface area contributed by atoms with Gasteiger partial charge in [-0.05, 0) is 47.6 Å². The molecule has 1 aromatic heterocycles. The molecule has 2 heterocycles. The largest absolute Gasteiger partial charge is 0.338 e. The zero-order valence-corrected chi connectivity index (χ0v) is 15.4. The van der Waals surface area contributed by atoms with Gasteiger partial charge in [-0.3, -0.25) is 9.59 Å². The summed E-state index contributed by atoms with van der Waals surface area (Å²) in [6.07, 6.45) is 2.99. The van der Waals surface area contributed by atoms with Crippen molar-refractivity contribution in [3.63, 3.8) is 0 Å². The fraction of sp³-hybridized carbons (Fsp3) is 0.429. The van der Waals surface area contributed by atoms with Gasteiger partial charge < -0.3 is 15.2 Å². The molecular weight excluding hydrogens is 345 g/mol. The molecule has 2 aromatic rings. The Morgan fingerprint density at radius 1 is 1.22 bits per heavy atom. The molecule has 1 aliphatic heterocycles. The molecular formula is C21H24FN3O2. The molecule has 142 valence electrons. The smallest absolute Gasteiger partial charge is 0.250 e. The van der Waals surface area contributed by atoms with Gasteiger partial charge in [-0.2, -0.15) is 0 Å². The normalized spacial score (nSPS) is 22.7. The van der Waals surface area contributed by atoms with Crippen LogP contribution < -0.4 is 11.3 Å². The lowest BCUT2D eigenvalue weighted by molar-refractivity contribution is -0.132. The van der Waals surface area contributed by atoms with E-state index in [0.29, 0.717) is 13.0 Å². The van der Waals surface area contributed by atoms with Gasteiger partial charge >= 0.3 is 0 Å². The Kier molecular flexibility index (Phi) is 4.60. The molecule has 4 rings (SSSR count). The Labute approximate surface area is 157 Å². The van der Waals surface area contributed by atoms with Crippen molar-refractivity contribution in [3.05, 3.63) is 58.0 Å². The number of carbonyl (C=O) groups is 1. The minimum atomic E-state index is -0.929. The minimum absolute atomic E-state index is 0.0275. The molecule has 27 heavy (non-hydrogen) atoms. The molecule has 0 radical (unpaired) electrons. The van der Waals surface area contributed by atoms with E-state index in [1.165, 1.54) is 5.56 Å². The number of fused-ring (bicyclic) bond motifs is 1. The number of halogens is 1. The van der Waals surface area contributed by atoms with Crippen molar-refractivity contribution in [2.75, 3.05) is 13.1 Å². The summed E-state index contributed by atoms with van der Waals surface area (Å²) in [5.74, 6) is -0.171. The molecule has 1 amide bonds. The second kappa shape index (κ2) is 6.93. The zero-order chi connectivity index (χ0) is 19.1. The summed E-state index contributed by atoms with van der Waals surface area (Å²) >= 11 is 0. The van der Waals surface area contributed by atoms with E-state index in [2.05, 4.69) is 6.07 Å². The average molecular weight is 369 g/mol. The van der Waals surface area contributed by atoms with Crippen molar-refractivity contribution in [1.82, 2.24) is 9.47 Å². The third-order valence-corrected chi connectivity index (χ3v) is 5.85. The Morgan fingerprint density at radius 2 is 2.00 bits per heavy atom. The number of hydrogen-bond acceptors (Lipinski definition) is 3. The fourth-order valence-electron chi connectivity index (χ4n) is 4.27. The number of aryl methyl sites for hydroxylation is 2. The van der Waals surface area contributed by atoms with Crippen LogP contribution in [0.4, 0.5) is 4.39 Å². The van der Waals surface area contributed by atoms with E-state index >= 15 is 0 Å². The van der Waals surface area contributed by atoms with Gasteiger partial charge in [0.05, 0.1) is 12.6 Å². The maximum Gasteiger partial charge on any atom is 0.250 e. The number of amides is 1. The molecule has 0 unspecified atom stereocenters. The highest BCUT2D eigenvalue weighted by Gasteiger charge is 2.36. The van der Waals surface area contributed by atoms with Crippen molar-refractivity contribution in [1.29, 1.82) is 0 Å². The number of nitrogens with zero attached hydrogens (tertiary/aromatic N) is 2. The number of pyridine rings is 1. The van der Waals surface area contributed by atoms with Crippen LogP contribution in [0.15, 0.2) is 41.3 Å². The second-order valence-electron chi connectivity index (χ2n) is 7.62. The van der Waals surface area contributed by atoms with Crippen LogP contribution in [0.2, 0.25) is 0 Å². The van der Waals surface area contributed by atoms with E-state index in [1.54, 1.807) is 22.6 Å². The summed E-state index contributed by atoms with van der Waals surface area (Å²) in [6.45, 7) is 0.622. The van der Waals surface area contributed by atoms with Gasteiger partial charge in [0.25, 0.3) is 0 Å². The Morgan fingerprint density at radius 3 is 2.70 bits per heavy atom. The minimum Gasteiger partial charge on any atom is -0.338 e. The van der Waals surface area contributed by atoms with Crippen LogP contribution >= 0.6 is 0 Å². The van der Waals surface area contributed by atoms with E-state index in [-0.39, 0.29) is 23.9 Å². The summed E-state index contributed by atoms with van der Waals surface area (Å²) in [5.41, 5.74) is 10.6. The molecule has 0 bridgehead atoms. The number of benzene rings is 1. The van der Waals surface area contributed by atoms with Gasteiger partial charge in [-0.15, -0.1) is 0 Å². The molecule has 1 saturated heterocycles. The number of rotatable bonds is 3. The predicted octanol–water partition coefficient (Wildman–Crippen LogP) is 1.98. The second-order valence-corrected chi connectivity index (χ2v) is 7.62. The highest BCUT2D eigenvalue weighted by atomic mass is 19.1. The van der Waals surface area contributed by atoms with Crippen molar-refractivity contribution >= 4 is 5.91 Å². The van der Waals surface area contributed by atoms with E-state index in [4.69, 9.17) is 5.73 Å². The van der Waals surface area contributed by atoms with Crippen LogP contribution in [-0.2, 0) is 18.3 Å².